The number of hydrogen-bond donors (Lipinski definition) is 1. The van der Waals surface area contributed by atoms with Crippen LogP contribution in [0.2, 0.25) is 0 Å². The Morgan fingerprint density at radius 3 is 2.88 bits per heavy atom. The van der Waals surface area contributed by atoms with E-state index in [-0.39, 0.29) is 6.04 Å². The van der Waals surface area contributed by atoms with Gasteiger partial charge in [0.15, 0.2) is 0 Å². The average molecular weight is 240 g/mol. The van der Waals surface area contributed by atoms with Crippen molar-refractivity contribution < 1.29 is 9.53 Å². The van der Waals surface area contributed by atoms with Crippen molar-refractivity contribution in [2.45, 2.75) is 51.2 Å². The molecule has 0 radical (unpaired) electrons. The average Bonchev–Trinajstić information content (AvgIpc) is 2.26. The number of hydrogen-bond acceptors (Lipinski definition) is 3. The molecule has 1 saturated heterocycles. The van der Waals surface area contributed by atoms with Crippen molar-refractivity contribution >= 4 is 5.91 Å². The topological polar surface area (TPSA) is 55.6 Å². The van der Waals surface area contributed by atoms with Gasteiger partial charge in [-0.1, -0.05) is 0 Å². The summed E-state index contributed by atoms with van der Waals surface area (Å²) in [6, 6.07) is 0.185. The summed E-state index contributed by atoms with van der Waals surface area (Å²) in [7, 11) is 0. The number of rotatable bonds is 4. The maximum Gasteiger partial charge on any atom is 0.222 e. The Morgan fingerprint density at radius 1 is 1.47 bits per heavy atom. The molecule has 1 unspecified atom stereocenters. The number of carbonyl (C=O) groups is 1. The summed E-state index contributed by atoms with van der Waals surface area (Å²) in [6.45, 7) is 4.45. The highest BCUT2D eigenvalue weighted by atomic mass is 16.5. The highest BCUT2D eigenvalue weighted by Gasteiger charge is 2.32. The van der Waals surface area contributed by atoms with Crippen molar-refractivity contribution in [1.82, 2.24) is 4.90 Å². The standard InChI is InChI=1S/C13H24N2O2/c1-2-17-12-6-10(7-12)8-13(16)15-5-3-4-11(14)9-15/h10-12H,2-9,14H2,1H3. The lowest BCUT2D eigenvalue weighted by atomic mass is 9.79. The molecule has 4 nitrogen and oxygen atoms in total. The van der Waals surface area contributed by atoms with Gasteiger partial charge in [0.1, 0.15) is 0 Å². The predicted octanol–water partition coefficient (Wildman–Crippen LogP) is 1.14. The quantitative estimate of drug-likeness (QED) is 0.801. The van der Waals surface area contributed by atoms with Gasteiger partial charge in [-0.3, -0.25) is 4.79 Å². The van der Waals surface area contributed by atoms with Crippen molar-refractivity contribution in [3.63, 3.8) is 0 Å². The molecule has 2 rings (SSSR count). The molecule has 0 bridgehead atoms. The Labute approximate surface area is 103 Å². The number of nitrogens with zero attached hydrogens (tertiary/aromatic N) is 1. The molecule has 98 valence electrons. The first-order valence-electron chi connectivity index (χ1n) is 6.84. The van der Waals surface area contributed by atoms with E-state index < -0.39 is 0 Å². The van der Waals surface area contributed by atoms with Crippen LogP contribution in [0.25, 0.3) is 0 Å². The van der Waals surface area contributed by atoms with Crippen LogP contribution in [0.3, 0.4) is 0 Å². The van der Waals surface area contributed by atoms with Crippen LogP contribution in [-0.4, -0.2) is 42.6 Å². The van der Waals surface area contributed by atoms with Gasteiger partial charge in [0.2, 0.25) is 5.91 Å². The van der Waals surface area contributed by atoms with Gasteiger partial charge in [0, 0.05) is 32.2 Å². The minimum atomic E-state index is 0.185. The van der Waals surface area contributed by atoms with Crippen LogP contribution in [0.5, 0.6) is 0 Å². The summed E-state index contributed by atoms with van der Waals surface area (Å²) < 4.78 is 5.51. The fourth-order valence-corrected chi connectivity index (χ4v) is 2.83. The molecule has 2 N–H and O–H groups in total. The second-order valence-electron chi connectivity index (χ2n) is 5.36. The normalized spacial score (nSPS) is 33.3. The molecule has 0 spiro atoms. The van der Waals surface area contributed by atoms with Crippen LogP contribution in [0.4, 0.5) is 0 Å². The van der Waals surface area contributed by atoms with E-state index in [1.54, 1.807) is 0 Å². The van der Waals surface area contributed by atoms with Crippen molar-refractivity contribution in [3.8, 4) is 0 Å². The van der Waals surface area contributed by atoms with Gasteiger partial charge in [-0.25, -0.2) is 0 Å². The van der Waals surface area contributed by atoms with E-state index in [9.17, 15) is 4.79 Å². The molecule has 1 atom stereocenters. The van der Waals surface area contributed by atoms with Crippen molar-refractivity contribution in [2.24, 2.45) is 11.7 Å². The van der Waals surface area contributed by atoms with Crippen molar-refractivity contribution in [2.75, 3.05) is 19.7 Å². The second-order valence-corrected chi connectivity index (χ2v) is 5.36. The molecule has 1 saturated carbocycles. The second kappa shape index (κ2) is 5.83. The van der Waals surface area contributed by atoms with Crippen LogP contribution in [0.1, 0.15) is 39.0 Å². The summed E-state index contributed by atoms with van der Waals surface area (Å²) in [5.74, 6) is 0.831. The maximum atomic E-state index is 12.0. The number of amides is 1. The van der Waals surface area contributed by atoms with Gasteiger partial charge in [-0.05, 0) is 38.5 Å². The molecule has 2 aliphatic rings. The molecule has 2 fully saturated rings. The van der Waals surface area contributed by atoms with E-state index in [2.05, 4.69) is 0 Å². The fourth-order valence-electron chi connectivity index (χ4n) is 2.83. The first-order chi connectivity index (χ1) is 8.19. The maximum absolute atomic E-state index is 12.0. The summed E-state index contributed by atoms with van der Waals surface area (Å²) in [6.07, 6.45) is 5.31. The van der Waals surface area contributed by atoms with Crippen molar-refractivity contribution in [1.29, 1.82) is 0 Å². The van der Waals surface area contributed by atoms with Gasteiger partial charge in [-0.15, -0.1) is 0 Å². The number of likely N-dealkylation sites (tertiary alicyclic amines) is 1. The lowest BCUT2D eigenvalue weighted by Crippen LogP contribution is -2.47. The van der Waals surface area contributed by atoms with Crippen LogP contribution in [0.15, 0.2) is 0 Å². The SMILES string of the molecule is CCOC1CC(CC(=O)N2CCCC(N)C2)C1. The smallest absolute Gasteiger partial charge is 0.222 e. The Balaban J connectivity index is 1.68. The summed E-state index contributed by atoms with van der Waals surface area (Å²) in [5, 5.41) is 0. The van der Waals surface area contributed by atoms with Crippen LogP contribution < -0.4 is 5.73 Å². The lowest BCUT2D eigenvalue weighted by molar-refractivity contribution is -0.135. The molecule has 1 aliphatic heterocycles. The van der Waals surface area contributed by atoms with Gasteiger partial charge >= 0.3 is 0 Å². The molecule has 0 aromatic heterocycles. The summed E-state index contributed by atoms with van der Waals surface area (Å²) >= 11 is 0. The van der Waals surface area contributed by atoms with E-state index in [1.165, 1.54) is 0 Å². The molecule has 4 heteroatoms. The van der Waals surface area contributed by atoms with Gasteiger partial charge < -0.3 is 15.4 Å². The Morgan fingerprint density at radius 2 is 2.24 bits per heavy atom. The van der Waals surface area contributed by atoms with E-state index >= 15 is 0 Å². The van der Waals surface area contributed by atoms with Gasteiger partial charge in [-0.2, -0.15) is 0 Å². The third-order valence-electron chi connectivity index (χ3n) is 3.87. The summed E-state index contributed by atoms with van der Waals surface area (Å²) in [4.78, 5) is 14.0. The largest absolute Gasteiger partial charge is 0.378 e. The highest BCUT2D eigenvalue weighted by Crippen LogP contribution is 2.33. The van der Waals surface area contributed by atoms with Crippen LogP contribution >= 0.6 is 0 Å². The molecule has 1 amide bonds. The molecule has 17 heavy (non-hydrogen) atoms. The number of carbonyl (C=O) groups excluding carboxylic acids is 1. The highest BCUT2D eigenvalue weighted by molar-refractivity contribution is 5.76. The van der Waals surface area contributed by atoms with Crippen molar-refractivity contribution in [3.05, 3.63) is 0 Å². The zero-order valence-electron chi connectivity index (χ0n) is 10.7. The summed E-state index contributed by atoms with van der Waals surface area (Å²) in [5.41, 5.74) is 5.89. The third kappa shape index (κ3) is 3.42. The van der Waals surface area contributed by atoms with E-state index in [1.807, 2.05) is 11.8 Å². The zero-order chi connectivity index (χ0) is 12.3. The van der Waals surface area contributed by atoms with Crippen LogP contribution in [0, 0.1) is 5.92 Å². The Bertz CT molecular complexity index is 264. The van der Waals surface area contributed by atoms with E-state index in [0.29, 0.717) is 24.3 Å². The Kier molecular flexibility index (Phi) is 4.40. The van der Waals surface area contributed by atoms with E-state index in [4.69, 9.17) is 10.5 Å². The first kappa shape index (κ1) is 12.8. The minimum absolute atomic E-state index is 0.185. The predicted molar refractivity (Wildman–Crippen MR) is 66.5 cm³/mol. The number of ether oxygens (including phenoxy) is 1. The molecule has 1 heterocycles. The van der Waals surface area contributed by atoms with E-state index in [0.717, 1.165) is 45.4 Å². The number of nitrogens with two attached hydrogens (primary N) is 1. The molecule has 1 aliphatic carbocycles. The van der Waals surface area contributed by atoms with Gasteiger partial charge in [0.05, 0.1) is 6.10 Å². The first-order valence-corrected chi connectivity index (χ1v) is 6.84. The van der Waals surface area contributed by atoms with Gasteiger partial charge in [0.25, 0.3) is 0 Å². The minimum Gasteiger partial charge on any atom is -0.378 e. The monoisotopic (exact) mass is 240 g/mol. The fraction of sp³-hybridized carbons (Fsp3) is 0.923. The van der Waals surface area contributed by atoms with Crippen LogP contribution in [-0.2, 0) is 9.53 Å². The Hall–Kier alpha value is -0.610. The molecular weight excluding hydrogens is 216 g/mol. The number of piperidine rings is 1. The molecule has 0 aromatic carbocycles. The zero-order valence-corrected chi connectivity index (χ0v) is 10.7. The third-order valence-corrected chi connectivity index (χ3v) is 3.87. The molecular formula is C13H24N2O2. The molecule has 0 aromatic rings. The lowest BCUT2D eigenvalue weighted by Gasteiger charge is -2.37.